The molecule has 5 aromatic rings. The van der Waals surface area contributed by atoms with Crippen LogP contribution in [-0.2, 0) is 6.18 Å². The number of hydrogen-bond donors (Lipinski definition) is 1. The maximum atomic E-state index is 12.8. The van der Waals surface area contributed by atoms with Crippen LogP contribution in [0.3, 0.4) is 0 Å². The van der Waals surface area contributed by atoms with Crippen molar-refractivity contribution in [3.05, 3.63) is 95.7 Å². The fourth-order valence-corrected chi connectivity index (χ4v) is 4.37. The molecule has 0 amide bonds. The Hall–Kier alpha value is -3.87. The molecule has 33 heavy (non-hydrogen) atoms. The van der Waals surface area contributed by atoms with Gasteiger partial charge in [0.1, 0.15) is 0 Å². The maximum absolute atomic E-state index is 12.8. The summed E-state index contributed by atoms with van der Waals surface area (Å²) in [7, 11) is 0. The number of halogens is 3. The van der Waals surface area contributed by atoms with Crippen LogP contribution in [0.1, 0.15) is 34.9 Å². The first-order valence-corrected chi connectivity index (χ1v) is 10.6. The predicted molar refractivity (Wildman–Crippen MR) is 119 cm³/mol. The van der Waals surface area contributed by atoms with Gasteiger partial charge in [-0.1, -0.05) is 41.6 Å². The molecule has 2 unspecified atom stereocenters. The summed E-state index contributed by atoms with van der Waals surface area (Å²) in [4.78, 5) is 7.70. The topological polar surface area (TPSA) is 54.7 Å². The lowest BCUT2D eigenvalue weighted by atomic mass is 10.0. The highest BCUT2D eigenvalue weighted by molar-refractivity contribution is 5.83. The Morgan fingerprint density at radius 3 is 2.18 bits per heavy atom. The van der Waals surface area contributed by atoms with Crippen molar-refractivity contribution in [3.63, 3.8) is 0 Å². The maximum Gasteiger partial charge on any atom is 0.416 e. The lowest BCUT2D eigenvalue weighted by Crippen LogP contribution is -2.04. The molecule has 1 N–H and O–H groups in total. The Kier molecular flexibility index (Phi) is 4.40. The molecule has 0 bridgehead atoms. The molecule has 4 nitrogen and oxygen atoms in total. The summed E-state index contributed by atoms with van der Waals surface area (Å²) in [6.07, 6.45) is -1.49. The Morgan fingerprint density at radius 2 is 1.48 bits per heavy atom. The molecule has 0 spiro atoms. The molecule has 2 atom stereocenters. The van der Waals surface area contributed by atoms with Crippen LogP contribution in [0, 0.1) is 0 Å². The Labute approximate surface area is 187 Å². The van der Waals surface area contributed by atoms with Gasteiger partial charge in [-0.2, -0.15) is 18.2 Å². The van der Waals surface area contributed by atoms with Crippen molar-refractivity contribution in [3.8, 4) is 22.8 Å². The highest BCUT2D eigenvalue weighted by Crippen LogP contribution is 2.54. The molecule has 1 saturated carbocycles. The second-order valence-electron chi connectivity index (χ2n) is 8.39. The van der Waals surface area contributed by atoms with Crippen molar-refractivity contribution in [1.82, 2.24) is 15.1 Å². The Bertz CT molecular complexity index is 1430. The number of H-pyrrole nitrogens is 1. The predicted octanol–water partition coefficient (Wildman–Crippen LogP) is 7.17. The minimum absolute atomic E-state index is 0.248. The van der Waals surface area contributed by atoms with E-state index in [9.17, 15) is 13.2 Å². The van der Waals surface area contributed by atoms with Crippen LogP contribution in [-0.4, -0.2) is 15.1 Å². The molecule has 1 fully saturated rings. The monoisotopic (exact) mass is 445 g/mol. The third-order valence-corrected chi connectivity index (χ3v) is 6.28. The molecule has 0 saturated heterocycles. The summed E-state index contributed by atoms with van der Waals surface area (Å²) < 4.78 is 43.8. The summed E-state index contributed by atoms with van der Waals surface area (Å²) >= 11 is 0. The number of nitrogens with zero attached hydrogens (tertiary/aromatic N) is 2. The van der Waals surface area contributed by atoms with Crippen LogP contribution in [0.5, 0.6) is 0 Å². The third kappa shape index (κ3) is 3.69. The first kappa shape index (κ1) is 19.8. The average Bonchev–Trinajstić information content (AvgIpc) is 3.23. The lowest BCUT2D eigenvalue weighted by molar-refractivity contribution is -0.137. The molecule has 1 aliphatic rings. The van der Waals surface area contributed by atoms with E-state index in [1.165, 1.54) is 0 Å². The fraction of sp³-hybridized carbons (Fsp3) is 0.154. The fourth-order valence-electron chi connectivity index (χ4n) is 4.37. The Morgan fingerprint density at radius 1 is 0.818 bits per heavy atom. The van der Waals surface area contributed by atoms with Gasteiger partial charge in [0, 0.05) is 28.2 Å². The molecule has 164 valence electrons. The Balaban J connectivity index is 1.17. The lowest BCUT2D eigenvalue weighted by Gasteiger charge is -2.07. The van der Waals surface area contributed by atoms with E-state index >= 15 is 0 Å². The summed E-state index contributed by atoms with van der Waals surface area (Å²) in [5, 5.41) is 5.20. The van der Waals surface area contributed by atoms with Gasteiger partial charge in [-0.25, -0.2) is 0 Å². The zero-order chi connectivity index (χ0) is 22.6. The molecule has 6 rings (SSSR count). The van der Waals surface area contributed by atoms with Crippen LogP contribution < -0.4 is 0 Å². The molecule has 1 aliphatic carbocycles. The summed E-state index contributed by atoms with van der Waals surface area (Å²) in [5.41, 5.74) is 4.24. The number of fused-ring (bicyclic) bond motifs is 1. The first-order chi connectivity index (χ1) is 16.0. The summed E-state index contributed by atoms with van der Waals surface area (Å²) in [6, 6.07) is 21.4. The van der Waals surface area contributed by atoms with Gasteiger partial charge < -0.3 is 9.51 Å². The molecule has 0 aliphatic heterocycles. The SMILES string of the molecule is FC(F)(F)c1ccc(C2CC2c2ccc(-c3noc(-c4ccc5[nH]ccc5c4)n3)cc2)cc1. The van der Waals surface area contributed by atoms with Crippen molar-refractivity contribution in [2.75, 3.05) is 0 Å². The van der Waals surface area contributed by atoms with Crippen LogP contribution >= 0.6 is 0 Å². The molecule has 3 aromatic carbocycles. The van der Waals surface area contributed by atoms with E-state index in [1.54, 1.807) is 12.1 Å². The molecule has 2 heterocycles. The largest absolute Gasteiger partial charge is 0.416 e. The number of hydrogen-bond acceptors (Lipinski definition) is 3. The highest BCUT2D eigenvalue weighted by atomic mass is 19.4. The van der Waals surface area contributed by atoms with Gasteiger partial charge in [-0.15, -0.1) is 0 Å². The van der Waals surface area contributed by atoms with Crippen LogP contribution in [0.25, 0.3) is 33.7 Å². The number of benzene rings is 3. The first-order valence-electron chi connectivity index (χ1n) is 10.6. The standard InChI is InChI=1S/C26H18F3N3O/c27-26(28,29)20-8-5-16(6-9-20)22-14-21(22)15-1-3-17(4-2-15)24-31-25(33-32-24)19-7-10-23-18(13-19)11-12-30-23/h1-13,21-22,30H,14H2. The summed E-state index contributed by atoms with van der Waals surface area (Å²) in [5.74, 6) is 1.53. The van der Waals surface area contributed by atoms with E-state index in [0.717, 1.165) is 51.7 Å². The van der Waals surface area contributed by atoms with Gasteiger partial charge in [-0.3, -0.25) is 0 Å². The number of nitrogens with one attached hydrogen (secondary N) is 1. The number of alkyl halides is 3. The van der Waals surface area contributed by atoms with Crippen LogP contribution in [0.15, 0.2) is 83.5 Å². The van der Waals surface area contributed by atoms with Crippen LogP contribution in [0.4, 0.5) is 13.2 Å². The number of rotatable bonds is 4. The molecule has 2 aromatic heterocycles. The van der Waals surface area contributed by atoms with Gasteiger partial charge in [0.2, 0.25) is 5.82 Å². The van der Waals surface area contributed by atoms with Gasteiger partial charge in [0.05, 0.1) is 5.56 Å². The third-order valence-electron chi connectivity index (χ3n) is 6.28. The van der Waals surface area contributed by atoms with Crippen molar-refractivity contribution in [2.45, 2.75) is 24.4 Å². The minimum atomic E-state index is -4.30. The number of aromatic nitrogens is 3. The van der Waals surface area contributed by atoms with Crippen molar-refractivity contribution < 1.29 is 17.7 Å². The van der Waals surface area contributed by atoms with Gasteiger partial charge >= 0.3 is 6.18 Å². The molecule has 0 radical (unpaired) electrons. The highest BCUT2D eigenvalue weighted by Gasteiger charge is 2.40. The molecular formula is C26H18F3N3O. The number of aromatic amines is 1. The van der Waals surface area contributed by atoms with Crippen molar-refractivity contribution >= 4 is 10.9 Å². The summed E-state index contributed by atoms with van der Waals surface area (Å²) in [6.45, 7) is 0. The minimum Gasteiger partial charge on any atom is -0.361 e. The normalized spacial score (nSPS) is 18.0. The van der Waals surface area contributed by atoms with Gasteiger partial charge in [-0.05, 0) is 65.8 Å². The van der Waals surface area contributed by atoms with E-state index in [4.69, 9.17) is 4.52 Å². The zero-order valence-electron chi connectivity index (χ0n) is 17.3. The quantitative estimate of drug-likeness (QED) is 0.319. The van der Waals surface area contributed by atoms with E-state index in [-0.39, 0.29) is 5.92 Å². The molecular weight excluding hydrogens is 427 g/mol. The van der Waals surface area contributed by atoms with E-state index in [1.807, 2.05) is 54.7 Å². The van der Waals surface area contributed by atoms with E-state index in [2.05, 4.69) is 15.1 Å². The zero-order valence-corrected chi connectivity index (χ0v) is 17.3. The van der Waals surface area contributed by atoms with Crippen LogP contribution in [0.2, 0.25) is 0 Å². The second kappa shape index (κ2) is 7.33. The van der Waals surface area contributed by atoms with E-state index in [0.29, 0.717) is 17.6 Å². The van der Waals surface area contributed by atoms with E-state index < -0.39 is 11.7 Å². The second-order valence-corrected chi connectivity index (χ2v) is 8.39. The van der Waals surface area contributed by atoms with Crippen molar-refractivity contribution in [2.24, 2.45) is 0 Å². The average molecular weight is 445 g/mol. The smallest absolute Gasteiger partial charge is 0.361 e. The van der Waals surface area contributed by atoms with Crippen molar-refractivity contribution in [1.29, 1.82) is 0 Å². The molecule has 7 heteroatoms. The van der Waals surface area contributed by atoms with Gasteiger partial charge in [0.25, 0.3) is 5.89 Å². The van der Waals surface area contributed by atoms with Gasteiger partial charge in [0.15, 0.2) is 0 Å².